The molecule has 1 aliphatic heterocycles. The van der Waals surface area contributed by atoms with Crippen LogP contribution in [0.3, 0.4) is 0 Å². The summed E-state index contributed by atoms with van der Waals surface area (Å²) in [7, 11) is 3.21. The number of rotatable bonds is 6. The van der Waals surface area contributed by atoms with Crippen molar-refractivity contribution in [1.82, 2.24) is 5.06 Å². The van der Waals surface area contributed by atoms with E-state index in [1.165, 1.54) is 18.2 Å². The zero-order chi connectivity index (χ0) is 24.4. The standard InChI is InChI=1S/C28H23FN2O4/c1-33-26-16-19-8-5-13-31(25(19)17-27(26)34-2)35-22-11-12-23-18(15-22)6-4-10-24(23)30-28(32)20-7-3-9-21(29)14-20/h3-17,25H,1-2H3,(H,30,32). The Morgan fingerprint density at radius 1 is 1.00 bits per heavy atom. The molecule has 1 unspecified atom stereocenters. The Balaban J connectivity index is 1.38. The molecule has 7 heteroatoms. The Hall–Kier alpha value is -4.52. The summed E-state index contributed by atoms with van der Waals surface area (Å²) in [6, 6.07) is 16.6. The molecule has 5 rings (SSSR count). The maximum Gasteiger partial charge on any atom is 0.255 e. The van der Waals surface area contributed by atoms with Crippen LogP contribution in [0.25, 0.3) is 10.8 Å². The number of fused-ring (bicyclic) bond motifs is 2. The summed E-state index contributed by atoms with van der Waals surface area (Å²) in [6.45, 7) is 0. The summed E-state index contributed by atoms with van der Waals surface area (Å²) < 4.78 is 24.4. The smallest absolute Gasteiger partial charge is 0.255 e. The summed E-state index contributed by atoms with van der Waals surface area (Å²) in [5, 5.41) is 6.34. The first kappa shape index (κ1) is 22.3. The third-order valence-corrected chi connectivity index (χ3v) is 5.82. The number of ether oxygens (including phenoxy) is 2. The molecule has 0 fully saturated rings. The normalized spacial score (nSPS) is 16.6. The van der Waals surface area contributed by atoms with Gasteiger partial charge in [-0.25, -0.2) is 9.45 Å². The fourth-order valence-electron chi connectivity index (χ4n) is 4.12. The lowest BCUT2D eigenvalue weighted by molar-refractivity contribution is -0.0233. The van der Waals surface area contributed by atoms with Crippen molar-refractivity contribution >= 4 is 22.4 Å². The fraction of sp³-hybridized carbons (Fsp3) is 0.107. The maximum absolute atomic E-state index is 13.5. The van der Waals surface area contributed by atoms with Gasteiger partial charge in [-0.3, -0.25) is 4.79 Å². The molecule has 0 saturated carbocycles. The quantitative estimate of drug-likeness (QED) is 0.499. The predicted octanol–water partition coefficient (Wildman–Crippen LogP) is 5.72. The lowest BCUT2D eigenvalue weighted by Crippen LogP contribution is -2.36. The third kappa shape index (κ3) is 4.48. The second kappa shape index (κ2) is 9.38. The number of carbonyl (C=O) groups excluding carboxylic acids is 1. The highest BCUT2D eigenvalue weighted by Crippen LogP contribution is 2.32. The third-order valence-electron chi connectivity index (χ3n) is 5.82. The second-order valence-corrected chi connectivity index (χ2v) is 8.00. The van der Waals surface area contributed by atoms with E-state index < -0.39 is 5.82 Å². The SMILES string of the molecule is COC1=CC2=CC=CN(Oc3ccc4c(NC(=O)c5cccc(F)c5)cccc4c3)C2C=C1OC. The van der Waals surface area contributed by atoms with E-state index in [0.29, 0.717) is 23.0 Å². The molecule has 0 radical (unpaired) electrons. The summed E-state index contributed by atoms with van der Waals surface area (Å²) in [4.78, 5) is 18.8. The van der Waals surface area contributed by atoms with Crippen molar-refractivity contribution < 1.29 is 23.5 Å². The van der Waals surface area contributed by atoms with E-state index in [1.807, 2.05) is 66.9 Å². The van der Waals surface area contributed by atoms with E-state index in [1.54, 1.807) is 25.3 Å². The summed E-state index contributed by atoms with van der Waals surface area (Å²) in [5.74, 6) is 1.09. The van der Waals surface area contributed by atoms with Gasteiger partial charge in [0.25, 0.3) is 5.91 Å². The van der Waals surface area contributed by atoms with Crippen LogP contribution in [-0.2, 0) is 9.47 Å². The number of carbonyl (C=O) groups is 1. The molecule has 0 bridgehead atoms. The topological polar surface area (TPSA) is 60.0 Å². The molecule has 6 nitrogen and oxygen atoms in total. The number of allylic oxidation sites excluding steroid dienone is 2. The van der Waals surface area contributed by atoms with Gasteiger partial charge in [0.15, 0.2) is 17.3 Å². The molecule has 0 spiro atoms. The van der Waals surface area contributed by atoms with Gasteiger partial charge in [0.1, 0.15) is 11.9 Å². The van der Waals surface area contributed by atoms with Crippen LogP contribution in [0.1, 0.15) is 10.4 Å². The van der Waals surface area contributed by atoms with Crippen LogP contribution in [0, 0.1) is 5.82 Å². The lowest BCUT2D eigenvalue weighted by atomic mass is 9.97. The zero-order valence-electron chi connectivity index (χ0n) is 19.2. The second-order valence-electron chi connectivity index (χ2n) is 8.00. The summed E-state index contributed by atoms with van der Waals surface area (Å²) in [6.07, 6.45) is 9.62. The van der Waals surface area contributed by atoms with Gasteiger partial charge in [-0.15, -0.1) is 0 Å². The number of hydroxylamine groups is 2. The van der Waals surface area contributed by atoms with E-state index in [4.69, 9.17) is 14.3 Å². The fourth-order valence-corrected chi connectivity index (χ4v) is 4.12. The minimum Gasteiger partial charge on any atom is -0.493 e. The van der Waals surface area contributed by atoms with Gasteiger partial charge in [-0.2, -0.15) is 0 Å². The van der Waals surface area contributed by atoms with E-state index in [-0.39, 0.29) is 17.5 Å². The van der Waals surface area contributed by atoms with Crippen molar-refractivity contribution in [3.8, 4) is 5.75 Å². The number of benzene rings is 3. The van der Waals surface area contributed by atoms with Crippen LogP contribution in [0.5, 0.6) is 5.75 Å². The average Bonchev–Trinajstić information content (AvgIpc) is 2.88. The van der Waals surface area contributed by atoms with E-state index in [2.05, 4.69) is 5.32 Å². The number of nitrogens with one attached hydrogen (secondary N) is 1. The van der Waals surface area contributed by atoms with Gasteiger partial charge in [0, 0.05) is 22.8 Å². The molecule has 0 aromatic heterocycles. The molecule has 1 N–H and O–H groups in total. The van der Waals surface area contributed by atoms with Gasteiger partial charge < -0.3 is 19.6 Å². The van der Waals surface area contributed by atoms with Crippen LogP contribution in [-0.4, -0.2) is 31.2 Å². The first-order valence-corrected chi connectivity index (χ1v) is 11.0. The van der Waals surface area contributed by atoms with Crippen molar-refractivity contribution in [2.24, 2.45) is 0 Å². The Kier molecular flexibility index (Phi) is 5.97. The van der Waals surface area contributed by atoms with Gasteiger partial charge in [-0.05, 0) is 71.7 Å². The van der Waals surface area contributed by atoms with Crippen molar-refractivity contribution in [2.75, 3.05) is 19.5 Å². The Bertz CT molecular complexity index is 1420. The molecule has 1 heterocycles. The van der Waals surface area contributed by atoms with Crippen molar-refractivity contribution in [1.29, 1.82) is 0 Å². The molecule has 1 amide bonds. The van der Waals surface area contributed by atoms with Gasteiger partial charge in [0.2, 0.25) is 0 Å². The zero-order valence-corrected chi connectivity index (χ0v) is 19.2. The number of amides is 1. The maximum atomic E-state index is 13.5. The number of hydrogen-bond donors (Lipinski definition) is 1. The van der Waals surface area contributed by atoms with Crippen LogP contribution in [0.4, 0.5) is 10.1 Å². The monoisotopic (exact) mass is 470 g/mol. The first-order valence-electron chi connectivity index (χ1n) is 11.0. The molecule has 1 aliphatic carbocycles. The number of hydrogen-bond acceptors (Lipinski definition) is 5. The van der Waals surface area contributed by atoms with Gasteiger partial charge in [-0.1, -0.05) is 24.3 Å². The number of nitrogens with zero attached hydrogens (tertiary/aromatic N) is 1. The predicted molar refractivity (Wildman–Crippen MR) is 132 cm³/mol. The van der Waals surface area contributed by atoms with Crippen molar-refractivity contribution in [2.45, 2.75) is 6.04 Å². The first-order chi connectivity index (χ1) is 17.1. The molecule has 0 saturated heterocycles. The van der Waals surface area contributed by atoms with Crippen LogP contribution in [0.2, 0.25) is 0 Å². The lowest BCUT2D eigenvalue weighted by Gasteiger charge is -2.33. The van der Waals surface area contributed by atoms with E-state index >= 15 is 0 Å². The van der Waals surface area contributed by atoms with Gasteiger partial charge >= 0.3 is 0 Å². The van der Waals surface area contributed by atoms with Crippen LogP contribution < -0.4 is 10.2 Å². The highest BCUT2D eigenvalue weighted by atomic mass is 19.1. The Morgan fingerprint density at radius 3 is 2.63 bits per heavy atom. The van der Waals surface area contributed by atoms with E-state index in [9.17, 15) is 9.18 Å². The van der Waals surface area contributed by atoms with Crippen LogP contribution in [0.15, 0.2) is 108 Å². The average molecular weight is 471 g/mol. The Labute approximate surface area is 202 Å². The Morgan fingerprint density at radius 2 is 1.83 bits per heavy atom. The highest BCUT2D eigenvalue weighted by Gasteiger charge is 2.28. The summed E-state index contributed by atoms with van der Waals surface area (Å²) in [5.41, 5.74) is 1.89. The minimum atomic E-state index is -0.457. The molecule has 35 heavy (non-hydrogen) atoms. The number of anilines is 1. The molecule has 176 valence electrons. The number of methoxy groups -OCH3 is 2. The molecule has 2 aliphatic rings. The molecule has 3 aromatic carbocycles. The minimum absolute atomic E-state index is 0.179. The summed E-state index contributed by atoms with van der Waals surface area (Å²) >= 11 is 0. The molecular formula is C28H23FN2O4. The largest absolute Gasteiger partial charge is 0.493 e. The molecular weight excluding hydrogens is 447 g/mol. The van der Waals surface area contributed by atoms with Crippen molar-refractivity contribution in [3.05, 3.63) is 120 Å². The van der Waals surface area contributed by atoms with Crippen LogP contribution >= 0.6 is 0 Å². The number of halogens is 1. The van der Waals surface area contributed by atoms with Crippen molar-refractivity contribution in [3.63, 3.8) is 0 Å². The molecule has 1 atom stereocenters. The van der Waals surface area contributed by atoms with Gasteiger partial charge in [0.05, 0.1) is 14.2 Å². The molecule has 3 aromatic rings. The highest BCUT2D eigenvalue weighted by molar-refractivity contribution is 6.09. The van der Waals surface area contributed by atoms with E-state index in [0.717, 1.165) is 16.3 Å².